The number of aromatic nitrogens is 3. The zero-order valence-corrected chi connectivity index (χ0v) is 6.42. The molecular weight excluding hydrogens is 144 g/mol. The van der Waals surface area contributed by atoms with Gasteiger partial charge in [-0.2, -0.15) is 5.10 Å². The minimum absolute atomic E-state index is 0.161. The molecule has 1 heterocycles. The van der Waals surface area contributed by atoms with E-state index in [1.54, 1.807) is 0 Å². The zero-order valence-electron chi connectivity index (χ0n) is 6.42. The van der Waals surface area contributed by atoms with Crippen molar-refractivity contribution in [3.05, 3.63) is 16.3 Å². The van der Waals surface area contributed by atoms with Gasteiger partial charge in [-0.25, -0.2) is 9.89 Å². The molecule has 0 bridgehead atoms. The van der Waals surface area contributed by atoms with Gasteiger partial charge in [0.1, 0.15) is 5.82 Å². The highest BCUT2D eigenvalue weighted by atomic mass is 16.1. The molecular formula is C6H12N4O. The fourth-order valence-electron chi connectivity index (χ4n) is 0.948. The Hall–Kier alpha value is -1.10. The van der Waals surface area contributed by atoms with Crippen molar-refractivity contribution in [2.75, 3.05) is 6.54 Å². The van der Waals surface area contributed by atoms with Gasteiger partial charge in [0.15, 0.2) is 0 Å². The molecule has 0 fully saturated rings. The Balaban J connectivity index is 2.81. The van der Waals surface area contributed by atoms with Crippen molar-refractivity contribution in [2.24, 2.45) is 5.73 Å². The fraction of sp³-hybridized carbons (Fsp3) is 0.667. The Morgan fingerprint density at radius 1 is 1.73 bits per heavy atom. The van der Waals surface area contributed by atoms with Crippen LogP contribution in [0.1, 0.15) is 25.1 Å². The van der Waals surface area contributed by atoms with Crippen molar-refractivity contribution in [2.45, 2.75) is 19.3 Å². The summed E-state index contributed by atoms with van der Waals surface area (Å²) in [5.74, 6) is 0.814. The summed E-state index contributed by atoms with van der Waals surface area (Å²) in [7, 11) is 0. The standard InChI is InChI=1S/C6H12N4O/c1-2-4(3-7)5-8-6(11)10-9-5/h4H,2-3,7H2,1H3,(H2,8,9,10,11). The average molecular weight is 156 g/mol. The minimum atomic E-state index is -0.271. The SMILES string of the molecule is CCC(CN)c1n[nH]c(=O)[nH]1. The van der Waals surface area contributed by atoms with Crippen LogP contribution in [0, 0.1) is 0 Å². The second-order valence-corrected chi connectivity index (χ2v) is 2.40. The molecule has 0 aliphatic heterocycles. The van der Waals surface area contributed by atoms with Crippen LogP contribution in [0.3, 0.4) is 0 Å². The number of nitrogens with one attached hydrogen (secondary N) is 2. The highest BCUT2D eigenvalue weighted by Gasteiger charge is 2.09. The van der Waals surface area contributed by atoms with E-state index in [0.717, 1.165) is 6.42 Å². The van der Waals surface area contributed by atoms with Crippen LogP contribution in [0.2, 0.25) is 0 Å². The predicted octanol–water partition coefficient (Wildman–Crippen LogP) is -0.450. The number of rotatable bonds is 3. The van der Waals surface area contributed by atoms with E-state index < -0.39 is 0 Å². The summed E-state index contributed by atoms with van der Waals surface area (Å²) in [6.07, 6.45) is 0.886. The van der Waals surface area contributed by atoms with Crippen LogP contribution < -0.4 is 11.4 Å². The van der Waals surface area contributed by atoms with Gasteiger partial charge in [0.2, 0.25) is 0 Å². The molecule has 0 saturated heterocycles. The number of aromatic amines is 2. The molecule has 1 atom stereocenters. The summed E-state index contributed by atoms with van der Waals surface area (Å²) < 4.78 is 0. The van der Waals surface area contributed by atoms with Gasteiger partial charge in [0.25, 0.3) is 0 Å². The summed E-state index contributed by atoms with van der Waals surface area (Å²) in [4.78, 5) is 13.2. The molecule has 0 aliphatic carbocycles. The first-order valence-corrected chi connectivity index (χ1v) is 3.62. The predicted molar refractivity (Wildman–Crippen MR) is 41.3 cm³/mol. The minimum Gasteiger partial charge on any atom is -0.330 e. The monoisotopic (exact) mass is 156 g/mol. The Morgan fingerprint density at radius 3 is 2.82 bits per heavy atom. The van der Waals surface area contributed by atoms with Gasteiger partial charge in [-0.1, -0.05) is 6.92 Å². The Bertz CT molecular complexity index is 260. The number of hydrogen-bond donors (Lipinski definition) is 3. The highest BCUT2D eigenvalue weighted by Crippen LogP contribution is 2.10. The van der Waals surface area contributed by atoms with Gasteiger partial charge < -0.3 is 5.73 Å². The molecule has 62 valence electrons. The third-order valence-electron chi connectivity index (χ3n) is 1.68. The molecule has 1 rings (SSSR count). The summed E-state index contributed by atoms with van der Waals surface area (Å²) in [5.41, 5.74) is 5.18. The van der Waals surface area contributed by atoms with Gasteiger partial charge in [-0.15, -0.1) is 0 Å². The molecule has 0 spiro atoms. The molecule has 1 unspecified atom stereocenters. The van der Waals surface area contributed by atoms with Crippen molar-refractivity contribution in [1.29, 1.82) is 0 Å². The molecule has 0 aliphatic rings. The van der Waals surface area contributed by atoms with Crippen molar-refractivity contribution in [1.82, 2.24) is 15.2 Å². The molecule has 0 radical (unpaired) electrons. The van der Waals surface area contributed by atoms with E-state index in [2.05, 4.69) is 15.2 Å². The van der Waals surface area contributed by atoms with E-state index in [4.69, 9.17) is 5.73 Å². The molecule has 5 heteroatoms. The Morgan fingerprint density at radius 2 is 2.45 bits per heavy atom. The van der Waals surface area contributed by atoms with Crippen molar-refractivity contribution in [3.8, 4) is 0 Å². The van der Waals surface area contributed by atoms with Crippen LogP contribution in [0.15, 0.2) is 4.79 Å². The van der Waals surface area contributed by atoms with Gasteiger partial charge >= 0.3 is 5.69 Å². The van der Waals surface area contributed by atoms with E-state index >= 15 is 0 Å². The smallest absolute Gasteiger partial charge is 0.330 e. The van der Waals surface area contributed by atoms with Crippen LogP contribution in [-0.4, -0.2) is 21.7 Å². The molecule has 1 aromatic rings. The number of nitrogens with two attached hydrogens (primary N) is 1. The largest absolute Gasteiger partial charge is 0.340 e. The van der Waals surface area contributed by atoms with Crippen molar-refractivity contribution < 1.29 is 0 Å². The summed E-state index contributed by atoms with van der Waals surface area (Å²) in [6, 6.07) is 0. The van der Waals surface area contributed by atoms with E-state index in [0.29, 0.717) is 12.4 Å². The number of hydrogen-bond acceptors (Lipinski definition) is 3. The zero-order chi connectivity index (χ0) is 8.27. The maximum atomic E-state index is 10.6. The van der Waals surface area contributed by atoms with E-state index in [9.17, 15) is 4.79 Å². The first kappa shape index (κ1) is 8.00. The van der Waals surface area contributed by atoms with Gasteiger partial charge in [-0.05, 0) is 6.42 Å². The lowest BCUT2D eigenvalue weighted by atomic mass is 10.1. The summed E-state index contributed by atoms with van der Waals surface area (Å²) in [5, 5.41) is 6.09. The number of nitrogens with zero attached hydrogens (tertiary/aromatic N) is 1. The van der Waals surface area contributed by atoms with Crippen LogP contribution in [0.5, 0.6) is 0 Å². The van der Waals surface area contributed by atoms with Gasteiger partial charge in [0.05, 0.1) is 0 Å². The lowest BCUT2D eigenvalue weighted by molar-refractivity contribution is 0.633. The highest BCUT2D eigenvalue weighted by molar-refractivity contribution is 4.92. The molecule has 0 amide bonds. The third-order valence-corrected chi connectivity index (χ3v) is 1.68. The summed E-state index contributed by atoms with van der Waals surface area (Å²) in [6.45, 7) is 2.52. The maximum Gasteiger partial charge on any atom is 0.340 e. The quantitative estimate of drug-likeness (QED) is 0.554. The first-order chi connectivity index (χ1) is 5.27. The van der Waals surface area contributed by atoms with E-state index in [1.165, 1.54) is 0 Å². The molecule has 4 N–H and O–H groups in total. The van der Waals surface area contributed by atoms with Gasteiger partial charge in [-0.3, -0.25) is 4.98 Å². The molecule has 0 saturated carbocycles. The fourth-order valence-corrected chi connectivity index (χ4v) is 0.948. The van der Waals surface area contributed by atoms with E-state index in [1.807, 2.05) is 6.92 Å². The van der Waals surface area contributed by atoms with Crippen LogP contribution in [-0.2, 0) is 0 Å². The van der Waals surface area contributed by atoms with Crippen LogP contribution >= 0.6 is 0 Å². The van der Waals surface area contributed by atoms with Crippen molar-refractivity contribution >= 4 is 0 Å². The Labute approximate surface area is 64.0 Å². The molecule has 11 heavy (non-hydrogen) atoms. The second kappa shape index (κ2) is 3.34. The normalized spacial score (nSPS) is 13.3. The third kappa shape index (κ3) is 1.68. The van der Waals surface area contributed by atoms with Crippen LogP contribution in [0.4, 0.5) is 0 Å². The maximum absolute atomic E-state index is 10.6. The average Bonchev–Trinajstić information content (AvgIpc) is 2.39. The topological polar surface area (TPSA) is 87.6 Å². The molecule has 0 aromatic carbocycles. The number of H-pyrrole nitrogens is 2. The van der Waals surface area contributed by atoms with Crippen molar-refractivity contribution in [3.63, 3.8) is 0 Å². The summed E-state index contributed by atoms with van der Waals surface area (Å²) >= 11 is 0. The van der Waals surface area contributed by atoms with Crippen LogP contribution in [0.25, 0.3) is 0 Å². The van der Waals surface area contributed by atoms with Gasteiger partial charge in [0, 0.05) is 12.5 Å². The molecule has 1 aromatic heterocycles. The Kier molecular flexibility index (Phi) is 2.43. The second-order valence-electron chi connectivity index (χ2n) is 2.40. The molecule has 5 nitrogen and oxygen atoms in total. The lowest BCUT2D eigenvalue weighted by Gasteiger charge is -2.05. The lowest BCUT2D eigenvalue weighted by Crippen LogP contribution is -2.13. The first-order valence-electron chi connectivity index (χ1n) is 3.62. The van der Waals surface area contributed by atoms with E-state index in [-0.39, 0.29) is 11.6 Å².